The highest BCUT2D eigenvalue weighted by atomic mass is 32.2. The van der Waals surface area contributed by atoms with Crippen LogP contribution in [0.4, 0.5) is 10.7 Å². The Hall–Kier alpha value is -2.44. The molecule has 4 nitrogen and oxygen atoms in total. The van der Waals surface area contributed by atoms with Crippen LogP contribution in [0.25, 0.3) is 0 Å². The predicted octanol–water partition coefficient (Wildman–Crippen LogP) is 5.32. The molecule has 144 valence electrons. The van der Waals surface area contributed by atoms with Gasteiger partial charge in [-0.05, 0) is 37.3 Å². The smallest absolute Gasteiger partial charge is 0.261 e. The van der Waals surface area contributed by atoms with Crippen LogP contribution in [0.2, 0.25) is 0 Å². The Morgan fingerprint density at radius 3 is 2.82 bits per heavy atom. The lowest BCUT2D eigenvalue weighted by molar-refractivity contribution is 0.0954. The van der Waals surface area contributed by atoms with Crippen molar-refractivity contribution in [3.8, 4) is 5.75 Å². The van der Waals surface area contributed by atoms with E-state index < -0.39 is 0 Å². The molecule has 0 fully saturated rings. The zero-order chi connectivity index (χ0) is 19.3. The van der Waals surface area contributed by atoms with Gasteiger partial charge in [0.15, 0.2) is 0 Å². The number of anilines is 2. The molecule has 0 saturated heterocycles. The first-order valence-electron chi connectivity index (χ1n) is 9.34. The zero-order valence-corrected chi connectivity index (χ0v) is 17.3. The third-order valence-corrected chi connectivity index (χ3v) is 6.67. The molecule has 6 heteroatoms. The van der Waals surface area contributed by atoms with E-state index in [0.717, 1.165) is 33.5 Å². The van der Waals surface area contributed by atoms with Crippen molar-refractivity contribution < 1.29 is 9.53 Å². The van der Waals surface area contributed by atoms with Gasteiger partial charge in [0.05, 0.1) is 22.2 Å². The number of para-hydroxylation sites is 2. The molecule has 0 saturated carbocycles. The number of rotatable bonds is 6. The van der Waals surface area contributed by atoms with Crippen molar-refractivity contribution in [1.29, 1.82) is 0 Å². The molecule has 1 aliphatic heterocycles. The van der Waals surface area contributed by atoms with Crippen LogP contribution in [0.1, 0.15) is 22.2 Å². The van der Waals surface area contributed by atoms with Crippen LogP contribution in [-0.2, 0) is 6.54 Å². The number of ether oxygens (including phenoxy) is 1. The van der Waals surface area contributed by atoms with Crippen LogP contribution in [0, 0.1) is 0 Å². The first-order valence-corrected chi connectivity index (χ1v) is 11.1. The summed E-state index contributed by atoms with van der Waals surface area (Å²) in [5, 5.41) is 4.12. The molecule has 0 radical (unpaired) electrons. The molecule has 2 aromatic carbocycles. The number of nitrogens with zero attached hydrogens (tertiary/aromatic N) is 1. The van der Waals surface area contributed by atoms with Gasteiger partial charge in [0.1, 0.15) is 5.75 Å². The Kier molecular flexibility index (Phi) is 5.88. The van der Waals surface area contributed by atoms with Gasteiger partial charge in [-0.2, -0.15) is 0 Å². The maximum absolute atomic E-state index is 12.7. The van der Waals surface area contributed by atoms with Crippen molar-refractivity contribution in [2.45, 2.75) is 18.4 Å². The Labute approximate surface area is 173 Å². The van der Waals surface area contributed by atoms with Gasteiger partial charge in [0.25, 0.3) is 5.91 Å². The SMILES string of the molecule is CCOc1ccccc1CNC(=O)c1ccc(N2CCSc3ccccc32)s1. The second-order valence-corrected chi connectivity index (χ2v) is 8.53. The maximum Gasteiger partial charge on any atom is 0.261 e. The van der Waals surface area contributed by atoms with Crippen LogP contribution in [0.5, 0.6) is 5.75 Å². The lowest BCUT2D eigenvalue weighted by Gasteiger charge is -2.29. The summed E-state index contributed by atoms with van der Waals surface area (Å²) < 4.78 is 5.63. The van der Waals surface area contributed by atoms with Crippen molar-refractivity contribution in [3.63, 3.8) is 0 Å². The topological polar surface area (TPSA) is 41.6 Å². The highest BCUT2D eigenvalue weighted by Gasteiger charge is 2.21. The molecule has 1 aromatic heterocycles. The molecule has 0 aliphatic carbocycles. The van der Waals surface area contributed by atoms with Crippen LogP contribution in [0.15, 0.2) is 65.6 Å². The maximum atomic E-state index is 12.7. The number of carbonyl (C=O) groups excluding carboxylic acids is 1. The van der Waals surface area contributed by atoms with Crippen LogP contribution in [-0.4, -0.2) is 24.8 Å². The number of hydrogen-bond acceptors (Lipinski definition) is 5. The molecular weight excluding hydrogens is 388 g/mol. The molecule has 28 heavy (non-hydrogen) atoms. The van der Waals surface area contributed by atoms with Gasteiger partial charge < -0.3 is 15.0 Å². The predicted molar refractivity (Wildman–Crippen MR) is 117 cm³/mol. The fourth-order valence-electron chi connectivity index (χ4n) is 3.20. The molecule has 0 spiro atoms. The van der Waals surface area contributed by atoms with Crippen LogP contribution < -0.4 is 15.0 Å². The molecule has 0 atom stereocenters. The molecule has 1 aliphatic rings. The van der Waals surface area contributed by atoms with Gasteiger partial charge in [-0.1, -0.05) is 30.3 Å². The number of amides is 1. The van der Waals surface area contributed by atoms with Crippen molar-refractivity contribution >= 4 is 39.7 Å². The number of nitrogens with one attached hydrogen (secondary N) is 1. The van der Waals surface area contributed by atoms with Gasteiger partial charge in [-0.25, -0.2) is 0 Å². The summed E-state index contributed by atoms with van der Waals surface area (Å²) in [6, 6.07) is 20.2. The van der Waals surface area contributed by atoms with Gasteiger partial charge in [-0.15, -0.1) is 23.1 Å². The van der Waals surface area contributed by atoms with E-state index in [2.05, 4.69) is 34.5 Å². The van der Waals surface area contributed by atoms with E-state index >= 15 is 0 Å². The number of benzene rings is 2. The Morgan fingerprint density at radius 1 is 1.11 bits per heavy atom. The number of fused-ring (bicyclic) bond motifs is 1. The fraction of sp³-hybridized carbons (Fsp3) is 0.227. The normalized spacial score (nSPS) is 13.1. The van der Waals surface area contributed by atoms with E-state index in [-0.39, 0.29) is 5.91 Å². The second-order valence-electron chi connectivity index (χ2n) is 6.33. The lowest BCUT2D eigenvalue weighted by atomic mass is 10.2. The van der Waals surface area contributed by atoms with Crippen molar-refractivity contribution in [2.24, 2.45) is 0 Å². The van der Waals surface area contributed by atoms with Gasteiger partial charge in [0.2, 0.25) is 0 Å². The summed E-state index contributed by atoms with van der Waals surface area (Å²) in [7, 11) is 0. The summed E-state index contributed by atoms with van der Waals surface area (Å²) in [6.45, 7) is 3.96. The first-order chi connectivity index (χ1) is 13.8. The molecule has 1 N–H and O–H groups in total. The quantitative estimate of drug-likeness (QED) is 0.597. The number of hydrogen-bond donors (Lipinski definition) is 1. The summed E-state index contributed by atoms with van der Waals surface area (Å²) in [4.78, 5) is 17.0. The van der Waals surface area contributed by atoms with E-state index in [0.29, 0.717) is 13.2 Å². The average Bonchev–Trinajstić information content (AvgIpc) is 3.23. The summed E-state index contributed by atoms with van der Waals surface area (Å²) in [5.41, 5.74) is 2.20. The van der Waals surface area contributed by atoms with E-state index in [4.69, 9.17) is 4.74 Å². The Bertz CT molecular complexity index is 970. The third kappa shape index (κ3) is 4.03. The molecule has 0 bridgehead atoms. The zero-order valence-electron chi connectivity index (χ0n) is 15.7. The Balaban J connectivity index is 1.46. The Morgan fingerprint density at radius 2 is 1.93 bits per heavy atom. The number of thiophene rings is 1. The fourth-order valence-corrected chi connectivity index (χ4v) is 5.16. The highest BCUT2D eigenvalue weighted by molar-refractivity contribution is 7.99. The van der Waals surface area contributed by atoms with Gasteiger partial charge >= 0.3 is 0 Å². The van der Waals surface area contributed by atoms with Gasteiger partial charge in [-0.3, -0.25) is 4.79 Å². The van der Waals surface area contributed by atoms with Crippen molar-refractivity contribution in [3.05, 3.63) is 71.1 Å². The number of carbonyl (C=O) groups is 1. The molecule has 3 aromatic rings. The minimum absolute atomic E-state index is 0.0535. The molecule has 4 rings (SSSR count). The van der Waals surface area contributed by atoms with Crippen molar-refractivity contribution in [1.82, 2.24) is 5.32 Å². The van der Waals surface area contributed by atoms with Crippen LogP contribution in [0.3, 0.4) is 0 Å². The summed E-state index contributed by atoms with van der Waals surface area (Å²) in [5.74, 6) is 1.81. The van der Waals surface area contributed by atoms with Crippen molar-refractivity contribution in [2.75, 3.05) is 23.8 Å². The molecular formula is C22H22N2O2S2. The van der Waals surface area contributed by atoms with Crippen LogP contribution >= 0.6 is 23.1 Å². The molecule has 0 unspecified atom stereocenters. The van der Waals surface area contributed by atoms with E-state index in [1.165, 1.54) is 21.9 Å². The summed E-state index contributed by atoms with van der Waals surface area (Å²) >= 11 is 3.42. The van der Waals surface area contributed by atoms with E-state index in [1.807, 2.05) is 55.1 Å². The number of thioether (sulfide) groups is 1. The van der Waals surface area contributed by atoms with Gasteiger partial charge in [0, 0.05) is 29.3 Å². The summed E-state index contributed by atoms with van der Waals surface area (Å²) in [6.07, 6.45) is 0. The first kappa shape index (κ1) is 18.9. The largest absolute Gasteiger partial charge is 0.494 e. The average molecular weight is 411 g/mol. The second kappa shape index (κ2) is 8.71. The third-order valence-electron chi connectivity index (χ3n) is 4.52. The monoisotopic (exact) mass is 410 g/mol. The highest BCUT2D eigenvalue weighted by Crippen LogP contribution is 2.41. The standard InChI is InChI=1S/C22H22N2O2S2/c1-2-26-18-9-5-3-7-16(18)15-23-22(25)20-11-12-21(28-20)24-13-14-27-19-10-6-4-8-17(19)24/h3-12H,2,13-15H2,1H3,(H,23,25). The van der Waals surface area contributed by atoms with E-state index in [9.17, 15) is 4.79 Å². The molecule has 2 heterocycles. The molecule has 1 amide bonds. The van der Waals surface area contributed by atoms with E-state index in [1.54, 1.807) is 0 Å². The minimum atomic E-state index is -0.0535. The minimum Gasteiger partial charge on any atom is -0.494 e. The lowest BCUT2D eigenvalue weighted by Crippen LogP contribution is -2.23.